The van der Waals surface area contributed by atoms with E-state index in [1.807, 2.05) is 23.1 Å². The number of fused-ring (bicyclic) bond motifs is 1. The number of hydrogen-bond acceptors (Lipinski definition) is 8. The number of carbonyl (C=O) groups excluding carboxylic acids is 1. The van der Waals surface area contributed by atoms with Gasteiger partial charge in [-0.25, -0.2) is 13.4 Å². The molecule has 2 aromatic heterocycles. The summed E-state index contributed by atoms with van der Waals surface area (Å²) < 4.78 is 33.9. The van der Waals surface area contributed by atoms with Gasteiger partial charge in [0.25, 0.3) is 10.0 Å². The van der Waals surface area contributed by atoms with Crippen LogP contribution in [-0.4, -0.2) is 74.9 Å². The molecule has 8 nitrogen and oxygen atoms in total. The molecule has 5 rings (SSSR count). The molecular weight excluding hydrogens is 480 g/mol. The molecular formula is C22H26N4O4S3. The highest BCUT2D eigenvalue weighted by atomic mass is 32.2. The SMILES string of the molecule is COc1cccc2sc(N3CCN(C(=O)C4CCN(S(=O)(=O)c5cccs5)CC4)CC3)nc12. The predicted molar refractivity (Wildman–Crippen MR) is 131 cm³/mol. The van der Waals surface area contributed by atoms with E-state index < -0.39 is 10.0 Å². The maximum atomic E-state index is 13.1. The summed E-state index contributed by atoms with van der Waals surface area (Å²) in [5, 5.41) is 2.72. The number of sulfonamides is 1. The van der Waals surface area contributed by atoms with Crippen LogP contribution in [0.4, 0.5) is 5.13 Å². The van der Waals surface area contributed by atoms with E-state index in [1.165, 1.54) is 15.6 Å². The first-order chi connectivity index (χ1) is 16.0. The number of para-hydroxylation sites is 1. The van der Waals surface area contributed by atoms with Gasteiger partial charge in [0.05, 0.1) is 11.8 Å². The fourth-order valence-electron chi connectivity index (χ4n) is 4.47. The molecule has 0 aliphatic carbocycles. The van der Waals surface area contributed by atoms with Gasteiger partial charge in [-0.2, -0.15) is 4.31 Å². The summed E-state index contributed by atoms with van der Waals surface area (Å²) in [6.45, 7) is 3.56. The lowest BCUT2D eigenvalue weighted by Crippen LogP contribution is -2.52. The fourth-order valence-corrected chi connectivity index (χ4v) is 8.12. The highest BCUT2D eigenvalue weighted by Crippen LogP contribution is 2.34. The number of anilines is 1. The standard InChI is InChI=1S/C22H26N4O4S3/c1-30-17-4-2-5-18-20(17)23-22(32-18)25-13-11-24(12-14-25)21(27)16-7-9-26(10-8-16)33(28,29)19-6-3-15-31-19/h2-6,15-16H,7-14H2,1H3. The van der Waals surface area contributed by atoms with Gasteiger partial charge in [-0.05, 0) is 36.4 Å². The van der Waals surface area contributed by atoms with Crippen molar-refractivity contribution in [1.82, 2.24) is 14.2 Å². The van der Waals surface area contributed by atoms with E-state index in [4.69, 9.17) is 9.72 Å². The second-order valence-corrected chi connectivity index (χ2v) is 12.3. The number of hydrogen-bond donors (Lipinski definition) is 0. The van der Waals surface area contributed by atoms with E-state index in [-0.39, 0.29) is 11.8 Å². The first-order valence-electron chi connectivity index (χ1n) is 11.0. The molecule has 2 aliphatic rings. The minimum atomic E-state index is -3.44. The zero-order valence-electron chi connectivity index (χ0n) is 18.3. The number of rotatable bonds is 5. The molecule has 0 N–H and O–H groups in total. The van der Waals surface area contributed by atoms with Crippen LogP contribution in [0.5, 0.6) is 5.75 Å². The zero-order chi connectivity index (χ0) is 23.0. The number of piperidine rings is 1. The Kier molecular flexibility index (Phi) is 6.30. The van der Waals surface area contributed by atoms with E-state index in [1.54, 1.807) is 36.0 Å². The van der Waals surface area contributed by atoms with Gasteiger partial charge < -0.3 is 14.5 Å². The first kappa shape index (κ1) is 22.6. The maximum absolute atomic E-state index is 13.1. The van der Waals surface area contributed by atoms with E-state index >= 15 is 0 Å². The van der Waals surface area contributed by atoms with Crippen molar-refractivity contribution in [2.45, 2.75) is 17.1 Å². The van der Waals surface area contributed by atoms with Gasteiger partial charge >= 0.3 is 0 Å². The number of carbonyl (C=O) groups is 1. The van der Waals surface area contributed by atoms with Gasteiger partial charge in [0.2, 0.25) is 5.91 Å². The third kappa shape index (κ3) is 4.34. The highest BCUT2D eigenvalue weighted by molar-refractivity contribution is 7.91. The van der Waals surface area contributed by atoms with Gasteiger partial charge in [0.1, 0.15) is 15.5 Å². The van der Waals surface area contributed by atoms with E-state index in [0.717, 1.165) is 34.2 Å². The van der Waals surface area contributed by atoms with Gasteiger partial charge in [-0.1, -0.05) is 23.5 Å². The van der Waals surface area contributed by atoms with Crippen LogP contribution < -0.4 is 9.64 Å². The summed E-state index contributed by atoms with van der Waals surface area (Å²) >= 11 is 2.88. The molecule has 11 heteroatoms. The molecule has 0 bridgehead atoms. The van der Waals surface area contributed by atoms with Crippen molar-refractivity contribution in [3.05, 3.63) is 35.7 Å². The number of thiophene rings is 1. The van der Waals surface area contributed by atoms with Crippen LogP contribution >= 0.6 is 22.7 Å². The summed E-state index contributed by atoms with van der Waals surface area (Å²) in [5.74, 6) is 0.808. The Morgan fingerprint density at radius 3 is 2.48 bits per heavy atom. The second-order valence-electron chi connectivity index (χ2n) is 8.23. The van der Waals surface area contributed by atoms with Crippen LogP contribution in [0.3, 0.4) is 0 Å². The maximum Gasteiger partial charge on any atom is 0.252 e. The summed E-state index contributed by atoms with van der Waals surface area (Å²) in [4.78, 5) is 22.0. The van der Waals surface area contributed by atoms with E-state index in [2.05, 4.69) is 4.90 Å². The lowest BCUT2D eigenvalue weighted by Gasteiger charge is -2.38. The Labute approximate surface area is 201 Å². The number of thiazole rings is 1. The normalized spacial score (nSPS) is 18.7. The summed E-state index contributed by atoms with van der Waals surface area (Å²) in [6, 6.07) is 9.32. The Balaban J connectivity index is 1.17. The van der Waals surface area contributed by atoms with Gasteiger partial charge in [0.15, 0.2) is 5.13 Å². The molecule has 2 saturated heterocycles. The summed E-state index contributed by atoms with van der Waals surface area (Å²) in [7, 11) is -1.79. The lowest BCUT2D eigenvalue weighted by molar-refractivity contribution is -0.137. The number of ether oxygens (including phenoxy) is 1. The Hall–Kier alpha value is -2.21. The van der Waals surface area contributed by atoms with Crippen molar-refractivity contribution in [2.75, 3.05) is 51.3 Å². The topological polar surface area (TPSA) is 83.0 Å². The van der Waals surface area contributed by atoms with Crippen LogP contribution in [0, 0.1) is 5.92 Å². The largest absolute Gasteiger partial charge is 0.494 e. The molecule has 0 saturated carbocycles. The average molecular weight is 507 g/mol. The number of nitrogens with zero attached hydrogens (tertiary/aromatic N) is 4. The molecule has 3 aromatic rings. The van der Waals surface area contributed by atoms with Crippen molar-refractivity contribution in [3.63, 3.8) is 0 Å². The van der Waals surface area contributed by atoms with Crippen LogP contribution in [0.25, 0.3) is 10.2 Å². The molecule has 0 atom stereocenters. The third-order valence-corrected chi connectivity index (χ3v) is 10.7. The van der Waals surface area contributed by atoms with Crippen LogP contribution in [-0.2, 0) is 14.8 Å². The van der Waals surface area contributed by atoms with Crippen LogP contribution in [0.15, 0.2) is 39.9 Å². The van der Waals surface area contributed by atoms with Gasteiger partial charge in [-0.3, -0.25) is 4.79 Å². The molecule has 1 amide bonds. The first-order valence-corrected chi connectivity index (χ1v) is 14.1. The number of aromatic nitrogens is 1. The Morgan fingerprint density at radius 1 is 1.06 bits per heavy atom. The molecule has 2 aliphatic heterocycles. The van der Waals surface area contributed by atoms with E-state index in [0.29, 0.717) is 43.2 Å². The van der Waals surface area contributed by atoms with Gasteiger partial charge in [-0.15, -0.1) is 11.3 Å². The van der Waals surface area contributed by atoms with Crippen molar-refractivity contribution >= 4 is 54.0 Å². The van der Waals surface area contributed by atoms with Crippen molar-refractivity contribution in [3.8, 4) is 5.75 Å². The van der Waals surface area contributed by atoms with Crippen molar-refractivity contribution < 1.29 is 17.9 Å². The Morgan fingerprint density at radius 2 is 1.82 bits per heavy atom. The third-order valence-electron chi connectivity index (χ3n) is 6.34. The fraction of sp³-hybridized carbons (Fsp3) is 0.455. The molecule has 1 aromatic carbocycles. The quantitative estimate of drug-likeness (QED) is 0.529. The smallest absolute Gasteiger partial charge is 0.252 e. The number of methoxy groups -OCH3 is 1. The summed E-state index contributed by atoms with van der Waals surface area (Å²) in [6.07, 6.45) is 1.14. The summed E-state index contributed by atoms with van der Waals surface area (Å²) in [5.41, 5.74) is 0.878. The molecule has 2 fully saturated rings. The second kappa shape index (κ2) is 9.21. The number of amides is 1. The van der Waals surface area contributed by atoms with Crippen molar-refractivity contribution in [2.24, 2.45) is 5.92 Å². The molecule has 176 valence electrons. The van der Waals surface area contributed by atoms with Gasteiger partial charge in [0, 0.05) is 45.2 Å². The van der Waals surface area contributed by atoms with Crippen LogP contribution in [0.1, 0.15) is 12.8 Å². The number of piperazine rings is 1. The molecule has 0 unspecified atom stereocenters. The Bertz CT molecular complexity index is 1230. The number of benzene rings is 1. The monoisotopic (exact) mass is 506 g/mol. The molecule has 0 spiro atoms. The van der Waals surface area contributed by atoms with Crippen LogP contribution in [0.2, 0.25) is 0 Å². The lowest BCUT2D eigenvalue weighted by atomic mass is 9.96. The molecule has 33 heavy (non-hydrogen) atoms. The van der Waals surface area contributed by atoms with Crippen molar-refractivity contribution in [1.29, 1.82) is 0 Å². The molecule has 0 radical (unpaired) electrons. The minimum Gasteiger partial charge on any atom is -0.494 e. The minimum absolute atomic E-state index is 0.113. The van der Waals surface area contributed by atoms with E-state index in [9.17, 15) is 13.2 Å². The predicted octanol–water partition coefficient (Wildman–Crippen LogP) is 3.12. The molecule has 4 heterocycles. The average Bonchev–Trinajstić information content (AvgIpc) is 3.54. The highest BCUT2D eigenvalue weighted by Gasteiger charge is 2.35. The zero-order valence-corrected chi connectivity index (χ0v) is 20.8.